The summed E-state index contributed by atoms with van der Waals surface area (Å²) < 4.78 is 11.0. The fraction of sp³-hybridized carbons (Fsp3) is 0.238. The van der Waals surface area contributed by atoms with Crippen molar-refractivity contribution in [2.24, 2.45) is 0 Å². The normalized spacial score (nSPS) is 10.6. The van der Waals surface area contributed by atoms with Gasteiger partial charge in [0.05, 0.1) is 12.7 Å². The Morgan fingerprint density at radius 3 is 2.63 bits per heavy atom. The Labute approximate surface area is 157 Å². The number of amides is 2. The maximum absolute atomic E-state index is 12.1. The predicted molar refractivity (Wildman–Crippen MR) is 102 cm³/mol. The number of carbonyl (C=O) groups is 2. The van der Waals surface area contributed by atoms with Gasteiger partial charge in [-0.2, -0.15) is 0 Å². The molecule has 3 aromatic rings. The van der Waals surface area contributed by atoms with Gasteiger partial charge in [0.1, 0.15) is 11.3 Å². The number of hydrogen-bond acceptors (Lipinski definition) is 4. The zero-order valence-electron chi connectivity index (χ0n) is 15.4. The number of benzene rings is 2. The number of aryl methyl sites for hydroxylation is 2. The van der Waals surface area contributed by atoms with Gasteiger partial charge in [-0.1, -0.05) is 37.3 Å². The third-order valence-electron chi connectivity index (χ3n) is 4.27. The van der Waals surface area contributed by atoms with E-state index in [1.807, 2.05) is 43.3 Å². The lowest BCUT2D eigenvalue weighted by atomic mass is 10.1. The maximum Gasteiger partial charge on any atom is 0.276 e. The average molecular weight is 366 g/mol. The Hall–Kier alpha value is -3.28. The molecule has 0 aliphatic rings. The molecule has 0 saturated carbocycles. The summed E-state index contributed by atoms with van der Waals surface area (Å²) in [5.74, 6) is -0.131. The molecule has 2 amide bonds. The van der Waals surface area contributed by atoms with E-state index in [0.29, 0.717) is 5.75 Å². The summed E-state index contributed by atoms with van der Waals surface area (Å²) in [6.45, 7) is 3.79. The summed E-state index contributed by atoms with van der Waals surface area (Å²) in [5.41, 5.74) is 8.40. The molecule has 0 atom stereocenters. The topological polar surface area (TPSA) is 80.6 Å². The minimum atomic E-state index is -0.434. The SMILES string of the molecule is CCc1ccc2c(CC(=O)NNC(=O)COc3ccccc3C)coc2c1. The van der Waals surface area contributed by atoms with Crippen LogP contribution in [0.15, 0.2) is 53.1 Å². The van der Waals surface area contributed by atoms with Crippen molar-refractivity contribution in [3.8, 4) is 5.75 Å². The van der Waals surface area contributed by atoms with E-state index in [4.69, 9.17) is 9.15 Å². The first kappa shape index (κ1) is 18.5. The van der Waals surface area contributed by atoms with Crippen LogP contribution in [0.1, 0.15) is 23.6 Å². The second-order valence-electron chi connectivity index (χ2n) is 6.27. The van der Waals surface area contributed by atoms with Gasteiger partial charge in [0, 0.05) is 10.9 Å². The van der Waals surface area contributed by atoms with Gasteiger partial charge in [0.15, 0.2) is 6.61 Å². The predicted octanol–water partition coefficient (Wildman–Crippen LogP) is 3.07. The van der Waals surface area contributed by atoms with Crippen LogP contribution in [-0.2, 0) is 22.4 Å². The van der Waals surface area contributed by atoms with E-state index in [-0.39, 0.29) is 18.9 Å². The number of hydrazine groups is 1. The van der Waals surface area contributed by atoms with E-state index in [1.54, 1.807) is 12.3 Å². The van der Waals surface area contributed by atoms with Gasteiger partial charge in [0.25, 0.3) is 5.91 Å². The van der Waals surface area contributed by atoms with Crippen LogP contribution in [0.4, 0.5) is 0 Å². The molecule has 0 unspecified atom stereocenters. The lowest BCUT2D eigenvalue weighted by Crippen LogP contribution is -2.44. The van der Waals surface area contributed by atoms with Crippen LogP contribution in [0.25, 0.3) is 11.0 Å². The second kappa shape index (κ2) is 8.40. The summed E-state index contributed by atoms with van der Waals surface area (Å²) in [6, 6.07) is 13.4. The van der Waals surface area contributed by atoms with Crippen LogP contribution in [-0.4, -0.2) is 18.4 Å². The fourth-order valence-corrected chi connectivity index (χ4v) is 2.74. The molecule has 6 nitrogen and oxygen atoms in total. The molecule has 0 saturated heterocycles. The lowest BCUT2D eigenvalue weighted by Gasteiger charge is -2.10. The highest BCUT2D eigenvalue weighted by Crippen LogP contribution is 2.23. The molecule has 140 valence electrons. The molecular weight excluding hydrogens is 344 g/mol. The Bertz CT molecular complexity index is 962. The van der Waals surface area contributed by atoms with Gasteiger partial charge >= 0.3 is 0 Å². The van der Waals surface area contributed by atoms with E-state index in [1.165, 1.54) is 5.56 Å². The van der Waals surface area contributed by atoms with Crippen molar-refractivity contribution in [3.05, 3.63) is 65.4 Å². The summed E-state index contributed by atoms with van der Waals surface area (Å²) in [5, 5.41) is 0.900. The van der Waals surface area contributed by atoms with Crippen molar-refractivity contribution in [1.82, 2.24) is 10.9 Å². The number of fused-ring (bicyclic) bond motifs is 1. The molecule has 27 heavy (non-hydrogen) atoms. The fourth-order valence-electron chi connectivity index (χ4n) is 2.74. The van der Waals surface area contributed by atoms with Crippen LogP contribution >= 0.6 is 0 Å². The largest absolute Gasteiger partial charge is 0.483 e. The number of rotatable bonds is 6. The zero-order valence-corrected chi connectivity index (χ0v) is 15.4. The minimum Gasteiger partial charge on any atom is -0.483 e. The zero-order chi connectivity index (χ0) is 19.2. The molecule has 0 bridgehead atoms. The summed E-state index contributed by atoms with van der Waals surface area (Å²) in [7, 11) is 0. The standard InChI is InChI=1S/C21H22N2O4/c1-3-15-8-9-17-16(12-26-19(17)10-15)11-20(24)22-23-21(25)13-27-18-7-5-4-6-14(18)2/h4-10,12H,3,11,13H2,1-2H3,(H,22,24)(H,23,25). The smallest absolute Gasteiger partial charge is 0.276 e. The molecule has 2 aromatic carbocycles. The van der Waals surface area contributed by atoms with Gasteiger partial charge in [-0.05, 0) is 36.6 Å². The van der Waals surface area contributed by atoms with Crippen LogP contribution < -0.4 is 15.6 Å². The van der Waals surface area contributed by atoms with Gasteiger partial charge in [0.2, 0.25) is 5.91 Å². The number of carbonyl (C=O) groups excluding carboxylic acids is 2. The Kier molecular flexibility index (Phi) is 5.76. The van der Waals surface area contributed by atoms with E-state index in [0.717, 1.165) is 28.5 Å². The van der Waals surface area contributed by atoms with Gasteiger partial charge in [-0.3, -0.25) is 20.4 Å². The summed E-state index contributed by atoms with van der Waals surface area (Å²) in [4.78, 5) is 23.9. The molecule has 2 N–H and O–H groups in total. The number of ether oxygens (including phenoxy) is 1. The molecule has 3 rings (SSSR count). The summed E-state index contributed by atoms with van der Waals surface area (Å²) in [6.07, 6.45) is 2.60. The van der Waals surface area contributed by atoms with Crippen molar-refractivity contribution in [2.45, 2.75) is 26.7 Å². The van der Waals surface area contributed by atoms with Crippen LogP contribution in [0.5, 0.6) is 5.75 Å². The molecule has 0 spiro atoms. The van der Waals surface area contributed by atoms with Crippen LogP contribution in [0.3, 0.4) is 0 Å². The quantitative estimate of drug-likeness (QED) is 0.657. The van der Waals surface area contributed by atoms with E-state index in [2.05, 4.69) is 17.8 Å². The molecule has 1 heterocycles. The Morgan fingerprint density at radius 2 is 1.85 bits per heavy atom. The third-order valence-corrected chi connectivity index (χ3v) is 4.27. The first-order chi connectivity index (χ1) is 13.1. The molecule has 1 aromatic heterocycles. The molecular formula is C21H22N2O4. The highest BCUT2D eigenvalue weighted by atomic mass is 16.5. The third kappa shape index (κ3) is 4.67. The van der Waals surface area contributed by atoms with Crippen molar-refractivity contribution in [2.75, 3.05) is 6.61 Å². The highest BCUT2D eigenvalue weighted by Gasteiger charge is 2.12. The number of furan rings is 1. The second-order valence-corrected chi connectivity index (χ2v) is 6.27. The average Bonchev–Trinajstić information content (AvgIpc) is 3.07. The summed E-state index contributed by atoms with van der Waals surface area (Å²) >= 11 is 0. The first-order valence-electron chi connectivity index (χ1n) is 8.82. The van der Waals surface area contributed by atoms with Crippen molar-refractivity contribution in [3.63, 3.8) is 0 Å². The van der Waals surface area contributed by atoms with Crippen molar-refractivity contribution >= 4 is 22.8 Å². The first-order valence-corrected chi connectivity index (χ1v) is 8.82. The van der Waals surface area contributed by atoms with E-state index < -0.39 is 5.91 Å². The molecule has 0 aliphatic heterocycles. The molecule has 0 aliphatic carbocycles. The highest BCUT2D eigenvalue weighted by molar-refractivity contribution is 5.89. The van der Waals surface area contributed by atoms with Crippen molar-refractivity contribution < 1.29 is 18.7 Å². The van der Waals surface area contributed by atoms with Crippen molar-refractivity contribution in [1.29, 1.82) is 0 Å². The number of hydrogen-bond donors (Lipinski definition) is 2. The molecule has 6 heteroatoms. The Balaban J connectivity index is 1.49. The van der Waals surface area contributed by atoms with Crippen LogP contribution in [0, 0.1) is 6.92 Å². The van der Waals surface area contributed by atoms with Gasteiger partial charge in [-0.15, -0.1) is 0 Å². The number of para-hydroxylation sites is 1. The van der Waals surface area contributed by atoms with Gasteiger partial charge < -0.3 is 9.15 Å². The lowest BCUT2D eigenvalue weighted by molar-refractivity contribution is -0.129. The maximum atomic E-state index is 12.1. The number of nitrogens with one attached hydrogen (secondary N) is 2. The molecule has 0 fully saturated rings. The minimum absolute atomic E-state index is 0.109. The van der Waals surface area contributed by atoms with E-state index >= 15 is 0 Å². The van der Waals surface area contributed by atoms with Gasteiger partial charge in [-0.25, -0.2) is 0 Å². The monoisotopic (exact) mass is 366 g/mol. The molecule has 0 radical (unpaired) electrons. The Morgan fingerprint density at radius 1 is 1.07 bits per heavy atom. The van der Waals surface area contributed by atoms with E-state index in [9.17, 15) is 9.59 Å². The van der Waals surface area contributed by atoms with Crippen LogP contribution in [0.2, 0.25) is 0 Å².